The van der Waals surface area contributed by atoms with Gasteiger partial charge < -0.3 is 10.1 Å². The zero-order chi connectivity index (χ0) is 18.5. The topological polar surface area (TPSA) is 56.1 Å². The van der Waals surface area contributed by atoms with Gasteiger partial charge in [-0.1, -0.05) is 18.2 Å². The van der Waals surface area contributed by atoms with E-state index in [2.05, 4.69) is 10.4 Å². The van der Waals surface area contributed by atoms with Crippen LogP contribution in [0.3, 0.4) is 0 Å². The number of hydrogen-bond acceptors (Lipinski definition) is 3. The van der Waals surface area contributed by atoms with Crippen LogP contribution in [0.5, 0.6) is 5.75 Å². The van der Waals surface area contributed by atoms with Gasteiger partial charge in [-0.15, -0.1) is 0 Å². The molecule has 0 aliphatic carbocycles. The first kappa shape index (κ1) is 17.7. The highest BCUT2D eigenvalue weighted by atomic mass is 19.1. The van der Waals surface area contributed by atoms with Gasteiger partial charge in [0.2, 0.25) is 0 Å². The highest BCUT2D eigenvalue weighted by Crippen LogP contribution is 2.19. The molecule has 26 heavy (non-hydrogen) atoms. The smallest absolute Gasteiger partial charge is 0.254 e. The van der Waals surface area contributed by atoms with Crippen LogP contribution in [0, 0.1) is 5.82 Å². The van der Waals surface area contributed by atoms with Crippen LogP contribution in [-0.4, -0.2) is 28.8 Å². The predicted molar refractivity (Wildman–Crippen MR) is 97.1 cm³/mol. The van der Waals surface area contributed by atoms with Gasteiger partial charge in [-0.3, -0.25) is 4.79 Å². The third kappa shape index (κ3) is 4.08. The van der Waals surface area contributed by atoms with Gasteiger partial charge in [0.1, 0.15) is 11.6 Å². The van der Waals surface area contributed by atoms with E-state index in [9.17, 15) is 9.18 Å². The van der Waals surface area contributed by atoms with Crippen LogP contribution in [0.25, 0.3) is 5.69 Å². The summed E-state index contributed by atoms with van der Waals surface area (Å²) in [5.41, 5.74) is 2.17. The van der Waals surface area contributed by atoms with Gasteiger partial charge in [-0.25, -0.2) is 9.07 Å². The van der Waals surface area contributed by atoms with Gasteiger partial charge in [0.15, 0.2) is 0 Å². The van der Waals surface area contributed by atoms with Gasteiger partial charge in [-0.2, -0.15) is 5.10 Å². The molecular formula is C20H20FN3O2. The third-order valence-corrected chi connectivity index (χ3v) is 4.03. The molecule has 1 atom stereocenters. The third-order valence-electron chi connectivity index (χ3n) is 4.03. The van der Waals surface area contributed by atoms with E-state index in [0.29, 0.717) is 17.7 Å². The van der Waals surface area contributed by atoms with E-state index in [0.717, 1.165) is 11.3 Å². The Morgan fingerprint density at radius 3 is 2.69 bits per heavy atom. The number of benzene rings is 2. The molecule has 0 aliphatic rings. The van der Waals surface area contributed by atoms with Crippen molar-refractivity contribution in [2.45, 2.75) is 19.4 Å². The zero-order valence-corrected chi connectivity index (χ0v) is 14.6. The summed E-state index contributed by atoms with van der Waals surface area (Å²) in [6.07, 6.45) is 3.77. The highest BCUT2D eigenvalue weighted by molar-refractivity contribution is 5.94. The molecule has 5 nitrogen and oxygen atoms in total. The van der Waals surface area contributed by atoms with Crippen molar-refractivity contribution in [2.24, 2.45) is 0 Å². The second-order valence-electron chi connectivity index (χ2n) is 6.04. The monoisotopic (exact) mass is 353 g/mol. The van der Waals surface area contributed by atoms with Crippen LogP contribution >= 0.6 is 0 Å². The lowest BCUT2D eigenvalue weighted by molar-refractivity contribution is 0.0940. The fourth-order valence-electron chi connectivity index (χ4n) is 2.73. The maximum atomic E-state index is 13.0. The van der Waals surface area contributed by atoms with Crippen molar-refractivity contribution in [3.63, 3.8) is 0 Å². The van der Waals surface area contributed by atoms with Crippen molar-refractivity contribution in [1.29, 1.82) is 0 Å². The number of methoxy groups -OCH3 is 1. The minimum absolute atomic E-state index is 0.0760. The molecule has 0 bridgehead atoms. The van der Waals surface area contributed by atoms with Crippen LogP contribution in [0.15, 0.2) is 60.9 Å². The number of carbonyl (C=O) groups excluding carboxylic acids is 1. The maximum Gasteiger partial charge on any atom is 0.254 e. The number of para-hydroxylation sites is 1. The number of aromatic nitrogens is 2. The Morgan fingerprint density at radius 1 is 1.23 bits per heavy atom. The molecular weight excluding hydrogens is 333 g/mol. The number of nitrogens with zero attached hydrogens (tertiary/aromatic N) is 2. The van der Waals surface area contributed by atoms with Gasteiger partial charge in [0.05, 0.1) is 24.6 Å². The SMILES string of the molecule is COc1ccccc1C[C@@H](C)NC(=O)c1cnn(-c2ccc(F)cc2)c1. The largest absolute Gasteiger partial charge is 0.496 e. The second-order valence-corrected chi connectivity index (χ2v) is 6.04. The molecule has 1 amide bonds. The van der Waals surface area contributed by atoms with Crippen molar-refractivity contribution in [3.05, 3.63) is 77.9 Å². The van der Waals surface area contributed by atoms with Gasteiger partial charge in [0, 0.05) is 12.2 Å². The molecule has 6 heteroatoms. The minimum Gasteiger partial charge on any atom is -0.496 e. The molecule has 0 unspecified atom stereocenters. The van der Waals surface area contributed by atoms with E-state index in [1.807, 2.05) is 31.2 Å². The average Bonchev–Trinajstić information content (AvgIpc) is 3.13. The lowest BCUT2D eigenvalue weighted by Crippen LogP contribution is -2.34. The summed E-state index contributed by atoms with van der Waals surface area (Å²) in [5, 5.41) is 7.13. The second kappa shape index (κ2) is 7.82. The summed E-state index contributed by atoms with van der Waals surface area (Å²) in [7, 11) is 1.63. The summed E-state index contributed by atoms with van der Waals surface area (Å²) in [6.45, 7) is 1.94. The highest BCUT2D eigenvalue weighted by Gasteiger charge is 2.14. The minimum atomic E-state index is -0.316. The Bertz CT molecular complexity index is 890. The van der Waals surface area contributed by atoms with E-state index in [1.54, 1.807) is 30.1 Å². The summed E-state index contributed by atoms with van der Waals surface area (Å²) in [4.78, 5) is 12.4. The van der Waals surface area contributed by atoms with Crippen molar-refractivity contribution in [1.82, 2.24) is 15.1 Å². The molecule has 0 fully saturated rings. The Hall–Kier alpha value is -3.15. The van der Waals surface area contributed by atoms with Crippen LogP contribution in [0.4, 0.5) is 4.39 Å². The number of nitrogens with one attached hydrogen (secondary N) is 1. The number of halogens is 1. The summed E-state index contributed by atoms with van der Waals surface area (Å²) < 4.78 is 19.9. The Kier molecular flexibility index (Phi) is 5.31. The molecule has 1 N–H and O–H groups in total. The number of hydrogen-bond donors (Lipinski definition) is 1. The standard InChI is InChI=1S/C20H20FN3O2/c1-14(11-15-5-3-4-6-19(15)26-2)23-20(25)16-12-22-24(13-16)18-9-7-17(21)8-10-18/h3-10,12-14H,11H2,1-2H3,(H,23,25)/t14-/m1/s1. The van der Waals surface area contributed by atoms with Crippen LogP contribution < -0.4 is 10.1 Å². The van der Waals surface area contributed by atoms with E-state index < -0.39 is 0 Å². The summed E-state index contributed by atoms with van der Waals surface area (Å²) >= 11 is 0. The lowest BCUT2D eigenvalue weighted by atomic mass is 10.1. The Morgan fingerprint density at radius 2 is 1.96 bits per heavy atom. The zero-order valence-electron chi connectivity index (χ0n) is 14.6. The molecule has 1 aromatic heterocycles. The molecule has 3 aromatic rings. The first-order chi connectivity index (χ1) is 12.6. The number of amides is 1. The molecule has 134 valence electrons. The van der Waals surface area contributed by atoms with Crippen molar-refractivity contribution in [2.75, 3.05) is 7.11 Å². The normalized spacial score (nSPS) is 11.8. The Labute approximate surface area is 151 Å². The molecule has 0 saturated heterocycles. The van der Waals surface area contributed by atoms with Crippen LogP contribution in [0.1, 0.15) is 22.8 Å². The first-order valence-electron chi connectivity index (χ1n) is 8.30. The van der Waals surface area contributed by atoms with E-state index in [1.165, 1.54) is 18.3 Å². The molecule has 0 aliphatic heterocycles. The maximum absolute atomic E-state index is 13.0. The van der Waals surface area contributed by atoms with Crippen molar-refractivity contribution >= 4 is 5.91 Å². The number of ether oxygens (including phenoxy) is 1. The predicted octanol–water partition coefficient (Wildman–Crippen LogP) is 3.38. The van der Waals surface area contributed by atoms with E-state index >= 15 is 0 Å². The lowest BCUT2D eigenvalue weighted by Gasteiger charge is -2.15. The number of carbonyl (C=O) groups is 1. The van der Waals surface area contributed by atoms with Gasteiger partial charge >= 0.3 is 0 Å². The molecule has 0 radical (unpaired) electrons. The van der Waals surface area contributed by atoms with Gasteiger partial charge in [-0.05, 0) is 49.2 Å². The van der Waals surface area contributed by atoms with Crippen LogP contribution in [-0.2, 0) is 6.42 Å². The van der Waals surface area contributed by atoms with Crippen LogP contribution in [0.2, 0.25) is 0 Å². The van der Waals surface area contributed by atoms with Crippen molar-refractivity contribution < 1.29 is 13.9 Å². The van der Waals surface area contributed by atoms with Crippen molar-refractivity contribution in [3.8, 4) is 11.4 Å². The number of rotatable bonds is 6. The molecule has 3 rings (SSSR count). The average molecular weight is 353 g/mol. The summed E-state index contributed by atoms with van der Waals surface area (Å²) in [5.74, 6) is 0.280. The molecule has 2 aromatic carbocycles. The molecule has 0 saturated carbocycles. The first-order valence-corrected chi connectivity index (χ1v) is 8.30. The van der Waals surface area contributed by atoms with E-state index in [4.69, 9.17) is 4.74 Å². The Balaban J connectivity index is 1.65. The van der Waals surface area contributed by atoms with E-state index in [-0.39, 0.29) is 17.8 Å². The molecule has 0 spiro atoms. The summed E-state index contributed by atoms with van der Waals surface area (Å²) in [6, 6.07) is 13.6. The quantitative estimate of drug-likeness (QED) is 0.739. The molecule has 1 heterocycles. The fourth-order valence-corrected chi connectivity index (χ4v) is 2.73. The van der Waals surface area contributed by atoms with Gasteiger partial charge in [0.25, 0.3) is 5.91 Å². The fraction of sp³-hybridized carbons (Fsp3) is 0.200.